The number of halogens is 4. The fraction of sp³-hybridized carbons (Fsp3) is 0.360. The first-order valence-electron chi connectivity index (χ1n) is 10.9. The van der Waals surface area contributed by atoms with Gasteiger partial charge in [0.05, 0.1) is 17.2 Å². The number of para-hydroxylation sites is 1. The lowest BCUT2D eigenvalue weighted by molar-refractivity contribution is -0.136. The molecule has 0 bridgehead atoms. The van der Waals surface area contributed by atoms with Crippen LogP contribution in [-0.4, -0.2) is 17.0 Å². The summed E-state index contributed by atoms with van der Waals surface area (Å²) in [5.41, 5.74) is -0.172. The Morgan fingerprint density at radius 2 is 1.79 bits per heavy atom. The molecule has 1 fully saturated rings. The summed E-state index contributed by atoms with van der Waals surface area (Å²) >= 11 is 5.89. The number of carbonyl (C=O) groups is 1. The summed E-state index contributed by atoms with van der Waals surface area (Å²) in [5, 5.41) is 3.89. The number of nitrogens with zero attached hydrogens (tertiary/aromatic N) is 1. The number of amides is 1. The van der Waals surface area contributed by atoms with Crippen LogP contribution in [0.3, 0.4) is 0 Å². The Balaban J connectivity index is 1.38. The van der Waals surface area contributed by atoms with Crippen molar-refractivity contribution in [3.8, 4) is 5.75 Å². The summed E-state index contributed by atoms with van der Waals surface area (Å²) in [6.07, 6.45) is -0.188. The number of aromatic nitrogens is 1. The first-order valence-corrected chi connectivity index (χ1v) is 11.3. The highest BCUT2D eigenvalue weighted by atomic mass is 35.5. The highest BCUT2D eigenvalue weighted by molar-refractivity contribution is 6.30. The third kappa shape index (κ3) is 5.41. The summed E-state index contributed by atoms with van der Waals surface area (Å²) in [6.45, 7) is 1.92. The Hall–Kier alpha value is -2.80. The molecule has 33 heavy (non-hydrogen) atoms. The molecule has 0 aliphatic heterocycles. The Bertz CT molecular complexity index is 1130. The Morgan fingerprint density at radius 3 is 2.45 bits per heavy atom. The first-order chi connectivity index (χ1) is 15.7. The predicted octanol–water partition coefficient (Wildman–Crippen LogP) is 7.12. The smallest absolute Gasteiger partial charge is 0.418 e. The zero-order chi connectivity index (χ0) is 23.6. The number of pyridine rings is 1. The predicted molar refractivity (Wildman–Crippen MR) is 122 cm³/mol. The van der Waals surface area contributed by atoms with Gasteiger partial charge in [-0.2, -0.15) is 13.2 Å². The number of carbonyl (C=O) groups excluding carboxylic acids is 1. The van der Waals surface area contributed by atoms with Crippen LogP contribution in [0.2, 0.25) is 5.02 Å². The molecular formula is C25H24ClF3N2O2. The molecule has 1 aromatic heterocycles. The SMILES string of the molecule is CC(C(=O)Nc1ccc(Cl)cc1)[C@H]1CC[C@H](Oc2ccnc3c(C(F)(F)F)cccc23)CC1. The average molecular weight is 477 g/mol. The lowest BCUT2D eigenvalue weighted by Gasteiger charge is -2.32. The van der Waals surface area contributed by atoms with Gasteiger partial charge in [-0.1, -0.05) is 24.6 Å². The van der Waals surface area contributed by atoms with Gasteiger partial charge in [0.15, 0.2) is 0 Å². The van der Waals surface area contributed by atoms with E-state index in [1.54, 1.807) is 36.4 Å². The normalized spacial score (nSPS) is 19.8. The quantitative estimate of drug-likeness (QED) is 0.426. The maximum Gasteiger partial charge on any atom is 0.418 e. The van der Waals surface area contributed by atoms with E-state index < -0.39 is 11.7 Å². The van der Waals surface area contributed by atoms with Crippen molar-refractivity contribution in [3.05, 3.63) is 65.3 Å². The topological polar surface area (TPSA) is 51.2 Å². The molecule has 4 rings (SSSR count). The van der Waals surface area contributed by atoms with Crippen molar-refractivity contribution in [2.75, 3.05) is 5.32 Å². The van der Waals surface area contributed by atoms with E-state index in [1.165, 1.54) is 12.3 Å². The van der Waals surface area contributed by atoms with Crippen molar-refractivity contribution < 1.29 is 22.7 Å². The van der Waals surface area contributed by atoms with E-state index in [4.69, 9.17) is 16.3 Å². The lowest BCUT2D eigenvalue weighted by Crippen LogP contribution is -2.32. The van der Waals surface area contributed by atoms with Crippen LogP contribution >= 0.6 is 11.6 Å². The van der Waals surface area contributed by atoms with Crippen LogP contribution in [0, 0.1) is 11.8 Å². The van der Waals surface area contributed by atoms with Gasteiger partial charge in [-0.05, 0) is 74.1 Å². The van der Waals surface area contributed by atoms with Gasteiger partial charge in [-0.15, -0.1) is 0 Å². The van der Waals surface area contributed by atoms with Crippen LogP contribution in [0.1, 0.15) is 38.2 Å². The fourth-order valence-corrected chi connectivity index (χ4v) is 4.50. The molecule has 1 aliphatic rings. The first kappa shape index (κ1) is 23.4. The minimum atomic E-state index is -4.48. The van der Waals surface area contributed by atoms with E-state index in [-0.39, 0.29) is 29.4 Å². The van der Waals surface area contributed by atoms with Crippen LogP contribution in [0.15, 0.2) is 54.7 Å². The second-order valence-corrected chi connectivity index (χ2v) is 8.88. The molecule has 174 valence electrons. The van der Waals surface area contributed by atoms with Gasteiger partial charge in [-0.3, -0.25) is 9.78 Å². The maximum atomic E-state index is 13.3. The fourth-order valence-electron chi connectivity index (χ4n) is 4.37. The van der Waals surface area contributed by atoms with Crippen molar-refractivity contribution >= 4 is 34.1 Å². The van der Waals surface area contributed by atoms with Crippen molar-refractivity contribution in [2.24, 2.45) is 11.8 Å². The number of anilines is 1. The molecule has 8 heteroatoms. The number of fused-ring (bicyclic) bond motifs is 1. The molecule has 3 aromatic rings. The monoisotopic (exact) mass is 476 g/mol. The molecule has 4 nitrogen and oxygen atoms in total. The largest absolute Gasteiger partial charge is 0.490 e. The second-order valence-electron chi connectivity index (χ2n) is 8.45. The highest BCUT2D eigenvalue weighted by Crippen LogP contribution is 2.38. The molecular weight excluding hydrogens is 453 g/mol. The van der Waals surface area contributed by atoms with Crippen LogP contribution in [0.5, 0.6) is 5.75 Å². The summed E-state index contributed by atoms with van der Waals surface area (Å²) in [4.78, 5) is 16.6. The third-order valence-corrected chi connectivity index (χ3v) is 6.53. The summed E-state index contributed by atoms with van der Waals surface area (Å²) in [6, 6.07) is 12.6. The summed E-state index contributed by atoms with van der Waals surface area (Å²) in [5.74, 6) is 0.408. The minimum Gasteiger partial charge on any atom is -0.490 e. The van der Waals surface area contributed by atoms with Gasteiger partial charge in [-0.25, -0.2) is 0 Å². The molecule has 1 unspecified atom stereocenters. The van der Waals surface area contributed by atoms with Crippen molar-refractivity contribution in [1.82, 2.24) is 4.98 Å². The second kappa shape index (κ2) is 9.59. The van der Waals surface area contributed by atoms with E-state index in [1.807, 2.05) is 6.92 Å². The van der Waals surface area contributed by atoms with Crippen LogP contribution in [0.4, 0.5) is 18.9 Å². The number of benzene rings is 2. The Labute approximate surface area is 195 Å². The van der Waals surface area contributed by atoms with Crippen molar-refractivity contribution in [3.63, 3.8) is 0 Å². The zero-order valence-corrected chi connectivity index (χ0v) is 18.8. The van der Waals surface area contributed by atoms with E-state index >= 15 is 0 Å². The van der Waals surface area contributed by atoms with Gasteiger partial charge in [0.1, 0.15) is 5.75 Å². The van der Waals surface area contributed by atoms with Gasteiger partial charge in [0.25, 0.3) is 0 Å². The minimum absolute atomic E-state index is 0.0403. The molecule has 0 spiro atoms. The molecule has 1 saturated carbocycles. The van der Waals surface area contributed by atoms with Crippen molar-refractivity contribution in [2.45, 2.75) is 44.9 Å². The number of rotatable bonds is 5. The Morgan fingerprint density at radius 1 is 1.09 bits per heavy atom. The third-order valence-electron chi connectivity index (χ3n) is 6.28. The molecule has 1 atom stereocenters. The molecule has 1 aliphatic carbocycles. The van der Waals surface area contributed by atoms with Crippen LogP contribution in [0.25, 0.3) is 10.9 Å². The highest BCUT2D eigenvalue weighted by Gasteiger charge is 2.34. The number of hydrogen-bond donors (Lipinski definition) is 1. The molecule has 1 N–H and O–H groups in total. The van der Waals surface area contributed by atoms with Gasteiger partial charge in [0.2, 0.25) is 5.91 Å². The summed E-state index contributed by atoms with van der Waals surface area (Å²) in [7, 11) is 0. The zero-order valence-electron chi connectivity index (χ0n) is 18.0. The Kier molecular flexibility index (Phi) is 6.79. The van der Waals surface area contributed by atoms with Crippen LogP contribution in [-0.2, 0) is 11.0 Å². The summed E-state index contributed by atoms with van der Waals surface area (Å²) < 4.78 is 46.1. The van der Waals surface area contributed by atoms with Gasteiger partial charge < -0.3 is 10.1 Å². The maximum absolute atomic E-state index is 13.3. The van der Waals surface area contributed by atoms with E-state index in [0.717, 1.165) is 31.7 Å². The number of ether oxygens (including phenoxy) is 1. The van der Waals surface area contributed by atoms with E-state index in [0.29, 0.717) is 21.8 Å². The van der Waals surface area contributed by atoms with Crippen molar-refractivity contribution in [1.29, 1.82) is 0 Å². The lowest BCUT2D eigenvalue weighted by atomic mass is 9.79. The number of alkyl halides is 3. The van der Waals surface area contributed by atoms with E-state index in [9.17, 15) is 18.0 Å². The van der Waals surface area contributed by atoms with Gasteiger partial charge >= 0.3 is 6.18 Å². The average Bonchev–Trinajstić information content (AvgIpc) is 2.80. The van der Waals surface area contributed by atoms with Crippen LogP contribution < -0.4 is 10.1 Å². The van der Waals surface area contributed by atoms with Gasteiger partial charge in [0, 0.05) is 28.2 Å². The number of hydrogen-bond acceptors (Lipinski definition) is 3. The molecule has 1 amide bonds. The molecule has 2 aromatic carbocycles. The molecule has 0 radical (unpaired) electrons. The van der Waals surface area contributed by atoms with E-state index in [2.05, 4.69) is 10.3 Å². The standard InChI is InChI=1S/C25H24ClF3N2O2/c1-15(24(32)31-18-9-7-17(26)8-10-18)16-5-11-19(12-6-16)33-22-13-14-30-23-20(22)3-2-4-21(23)25(27,28)29/h2-4,7-10,13-16,19H,5-6,11-12H2,1H3,(H,31,32)/t15?,16-,19-. The molecule has 0 saturated heterocycles. The molecule has 1 heterocycles. The number of nitrogens with one attached hydrogen (secondary N) is 1.